The van der Waals surface area contributed by atoms with Gasteiger partial charge in [-0.25, -0.2) is 8.78 Å². The third-order valence-corrected chi connectivity index (χ3v) is 3.31. The molecule has 0 spiro atoms. The summed E-state index contributed by atoms with van der Waals surface area (Å²) < 4.78 is 31.1. The van der Waals surface area contributed by atoms with Crippen molar-refractivity contribution < 1.29 is 13.5 Å². The minimum absolute atomic E-state index is 0.245. The van der Waals surface area contributed by atoms with Crippen molar-refractivity contribution in [2.24, 2.45) is 11.7 Å². The summed E-state index contributed by atoms with van der Waals surface area (Å²) in [7, 11) is 0. The summed E-state index contributed by atoms with van der Waals surface area (Å²) in [5.74, 6) is -0.502. The molecule has 2 rings (SSSR count). The average Bonchev–Trinajstić information content (AvgIpc) is 2.63. The van der Waals surface area contributed by atoms with Gasteiger partial charge < -0.3 is 10.5 Å². The second kappa shape index (κ2) is 5.45. The van der Waals surface area contributed by atoms with E-state index in [1.54, 1.807) is 0 Å². The summed E-state index contributed by atoms with van der Waals surface area (Å²) in [6.07, 6.45) is 4.21. The largest absolute Gasteiger partial charge is 0.493 e. The van der Waals surface area contributed by atoms with E-state index in [4.69, 9.17) is 10.5 Å². The molecule has 4 heteroatoms. The molecule has 1 aromatic rings. The Morgan fingerprint density at radius 1 is 1.18 bits per heavy atom. The summed E-state index contributed by atoms with van der Waals surface area (Å²) >= 11 is 0. The third kappa shape index (κ3) is 3.40. The van der Waals surface area contributed by atoms with Gasteiger partial charge in [-0.2, -0.15) is 0 Å². The van der Waals surface area contributed by atoms with Crippen molar-refractivity contribution in [3.05, 3.63) is 29.8 Å². The Hall–Kier alpha value is -1.16. The predicted octanol–water partition coefficient (Wildman–Crippen LogP) is 2.86. The van der Waals surface area contributed by atoms with Crippen LogP contribution in [0.2, 0.25) is 0 Å². The van der Waals surface area contributed by atoms with Crippen molar-refractivity contribution in [3.8, 4) is 5.75 Å². The van der Waals surface area contributed by atoms with Gasteiger partial charge in [-0.3, -0.25) is 0 Å². The molecular formula is C13H17F2NO. The SMILES string of the molecule is NC1CCCC1CCOc1cc(F)cc(F)c1. The second-order valence-corrected chi connectivity index (χ2v) is 4.60. The summed E-state index contributed by atoms with van der Waals surface area (Å²) in [6.45, 7) is 0.460. The zero-order valence-electron chi connectivity index (χ0n) is 9.66. The van der Waals surface area contributed by atoms with Crippen molar-refractivity contribution in [2.75, 3.05) is 6.61 Å². The predicted molar refractivity (Wildman–Crippen MR) is 61.8 cm³/mol. The standard InChI is InChI=1S/C13H17F2NO/c14-10-6-11(15)8-12(7-10)17-5-4-9-2-1-3-13(9)16/h6-9,13H,1-5,16H2. The van der Waals surface area contributed by atoms with Gasteiger partial charge >= 0.3 is 0 Å². The molecule has 0 aliphatic heterocycles. The van der Waals surface area contributed by atoms with E-state index in [1.165, 1.54) is 18.6 Å². The smallest absolute Gasteiger partial charge is 0.129 e. The highest BCUT2D eigenvalue weighted by Crippen LogP contribution is 2.27. The van der Waals surface area contributed by atoms with Crippen molar-refractivity contribution >= 4 is 0 Å². The Bertz CT molecular complexity index is 363. The minimum atomic E-state index is -0.613. The fourth-order valence-corrected chi connectivity index (χ4v) is 2.36. The molecule has 0 radical (unpaired) electrons. The summed E-state index contributed by atoms with van der Waals surface area (Å²) in [6, 6.07) is 3.47. The lowest BCUT2D eigenvalue weighted by Gasteiger charge is -2.15. The van der Waals surface area contributed by atoms with Crippen molar-refractivity contribution in [2.45, 2.75) is 31.7 Å². The normalized spacial score (nSPS) is 23.9. The lowest BCUT2D eigenvalue weighted by atomic mass is 10.0. The molecule has 1 aromatic carbocycles. The van der Waals surface area contributed by atoms with Gasteiger partial charge in [-0.05, 0) is 25.2 Å². The Balaban J connectivity index is 1.81. The molecule has 2 unspecified atom stereocenters. The fraction of sp³-hybridized carbons (Fsp3) is 0.538. The maximum absolute atomic E-state index is 12.9. The fourth-order valence-electron chi connectivity index (χ4n) is 2.36. The van der Waals surface area contributed by atoms with E-state index in [1.807, 2.05) is 0 Å². The van der Waals surface area contributed by atoms with E-state index < -0.39 is 11.6 Å². The van der Waals surface area contributed by atoms with Gasteiger partial charge in [0.25, 0.3) is 0 Å². The van der Waals surface area contributed by atoms with Crippen LogP contribution in [0.15, 0.2) is 18.2 Å². The first-order valence-electron chi connectivity index (χ1n) is 5.99. The van der Waals surface area contributed by atoms with E-state index in [0.717, 1.165) is 25.3 Å². The third-order valence-electron chi connectivity index (χ3n) is 3.31. The second-order valence-electron chi connectivity index (χ2n) is 4.60. The van der Waals surface area contributed by atoms with E-state index in [0.29, 0.717) is 12.5 Å². The number of nitrogens with two attached hydrogens (primary N) is 1. The number of ether oxygens (including phenoxy) is 1. The molecule has 1 aliphatic rings. The van der Waals surface area contributed by atoms with Gasteiger partial charge in [0.1, 0.15) is 17.4 Å². The maximum atomic E-state index is 12.9. The van der Waals surface area contributed by atoms with Crippen molar-refractivity contribution in [3.63, 3.8) is 0 Å². The number of hydrogen-bond acceptors (Lipinski definition) is 2. The van der Waals surface area contributed by atoms with Crippen LogP contribution in [0.5, 0.6) is 5.75 Å². The van der Waals surface area contributed by atoms with Crippen LogP contribution in [-0.4, -0.2) is 12.6 Å². The average molecular weight is 241 g/mol. The minimum Gasteiger partial charge on any atom is -0.493 e. The van der Waals surface area contributed by atoms with Crippen molar-refractivity contribution in [1.29, 1.82) is 0 Å². The Labute approximate surface area is 99.8 Å². The summed E-state index contributed by atoms with van der Waals surface area (Å²) in [5, 5.41) is 0. The van der Waals surface area contributed by atoms with Gasteiger partial charge in [0, 0.05) is 24.2 Å². The van der Waals surface area contributed by atoms with E-state index >= 15 is 0 Å². The molecule has 17 heavy (non-hydrogen) atoms. The molecule has 1 saturated carbocycles. The molecule has 2 atom stereocenters. The van der Waals surface area contributed by atoms with Crippen LogP contribution < -0.4 is 10.5 Å². The molecule has 0 bridgehead atoms. The van der Waals surface area contributed by atoms with E-state index in [9.17, 15) is 8.78 Å². The number of benzene rings is 1. The van der Waals surface area contributed by atoms with E-state index in [2.05, 4.69) is 0 Å². The lowest BCUT2D eigenvalue weighted by molar-refractivity contribution is 0.269. The molecule has 2 nitrogen and oxygen atoms in total. The summed E-state index contributed by atoms with van der Waals surface area (Å²) in [5.41, 5.74) is 5.93. The molecule has 0 heterocycles. The van der Waals surface area contributed by atoms with Crippen LogP contribution in [-0.2, 0) is 0 Å². The van der Waals surface area contributed by atoms with Crippen LogP contribution in [0.25, 0.3) is 0 Å². The molecule has 0 saturated heterocycles. The summed E-state index contributed by atoms with van der Waals surface area (Å²) in [4.78, 5) is 0. The topological polar surface area (TPSA) is 35.2 Å². The lowest BCUT2D eigenvalue weighted by Crippen LogP contribution is -2.25. The van der Waals surface area contributed by atoms with Crippen LogP contribution in [0.4, 0.5) is 8.78 Å². The first-order valence-corrected chi connectivity index (χ1v) is 5.99. The highest BCUT2D eigenvalue weighted by Gasteiger charge is 2.23. The molecule has 2 N–H and O–H groups in total. The van der Waals surface area contributed by atoms with Gasteiger partial charge in [-0.1, -0.05) is 6.42 Å². The zero-order valence-corrected chi connectivity index (χ0v) is 9.66. The molecule has 1 fully saturated rings. The quantitative estimate of drug-likeness (QED) is 0.879. The molecule has 1 aliphatic carbocycles. The first-order chi connectivity index (χ1) is 8.15. The highest BCUT2D eigenvalue weighted by atomic mass is 19.1. The Morgan fingerprint density at radius 3 is 2.47 bits per heavy atom. The maximum Gasteiger partial charge on any atom is 0.129 e. The molecule has 94 valence electrons. The zero-order chi connectivity index (χ0) is 12.3. The van der Waals surface area contributed by atoms with Gasteiger partial charge in [0.05, 0.1) is 6.61 Å². The van der Waals surface area contributed by atoms with E-state index in [-0.39, 0.29) is 11.8 Å². The van der Waals surface area contributed by atoms with Gasteiger partial charge in [0.2, 0.25) is 0 Å². The molecule has 0 aromatic heterocycles. The van der Waals surface area contributed by atoms with Crippen LogP contribution in [0.3, 0.4) is 0 Å². The number of rotatable bonds is 4. The van der Waals surface area contributed by atoms with Crippen LogP contribution in [0.1, 0.15) is 25.7 Å². The first kappa shape index (κ1) is 12.3. The van der Waals surface area contributed by atoms with Gasteiger partial charge in [-0.15, -0.1) is 0 Å². The highest BCUT2D eigenvalue weighted by molar-refractivity contribution is 5.23. The molecular weight excluding hydrogens is 224 g/mol. The van der Waals surface area contributed by atoms with Gasteiger partial charge in [0.15, 0.2) is 0 Å². The van der Waals surface area contributed by atoms with Crippen LogP contribution in [0, 0.1) is 17.6 Å². The van der Waals surface area contributed by atoms with Crippen LogP contribution >= 0.6 is 0 Å². The Morgan fingerprint density at radius 2 is 1.88 bits per heavy atom. The monoisotopic (exact) mass is 241 g/mol. The number of hydrogen-bond donors (Lipinski definition) is 1. The number of halogens is 2. The Kier molecular flexibility index (Phi) is 3.94. The van der Waals surface area contributed by atoms with Crippen molar-refractivity contribution in [1.82, 2.24) is 0 Å². The molecule has 0 amide bonds.